The van der Waals surface area contributed by atoms with Crippen LogP contribution in [-0.2, 0) is 0 Å². The second-order valence-electron chi connectivity index (χ2n) is 3.81. The minimum atomic E-state index is 0. The first-order valence-electron chi connectivity index (χ1n) is 4.49. The molecule has 0 aliphatic rings. The van der Waals surface area contributed by atoms with Crippen LogP contribution in [0.25, 0.3) is 0 Å². The number of halogens is 1. The summed E-state index contributed by atoms with van der Waals surface area (Å²) in [5.74, 6) is 2.67. The SMILES string of the molecule is Br.C#CC[N+](C)(C)CCCCCO. The molecule has 0 aliphatic heterocycles. The van der Waals surface area contributed by atoms with Gasteiger partial charge in [-0.05, 0) is 25.2 Å². The molecule has 0 heterocycles. The van der Waals surface area contributed by atoms with Gasteiger partial charge >= 0.3 is 0 Å². The zero-order valence-electron chi connectivity index (χ0n) is 8.62. The lowest BCUT2D eigenvalue weighted by molar-refractivity contribution is -0.883. The van der Waals surface area contributed by atoms with Crippen LogP contribution in [0.5, 0.6) is 0 Å². The number of aliphatic hydroxyl groups excluding tert-OH is 1. The van der Waals surface area contributed by atoms with Crippen LogP contribution in [0.3, 0.4) is 0 Å². The van der Waals surface area contributed by atoms with Crippen LogP contribution in [0.4, 0.5) is 0 Å². The smallest absolute Gasteiger partial charge is 0.140 e. The quantitative estimate of drug-likeness (QED) is 0.430. The Balaban J connectivity index is 0. The van der Waals surface area contributed by atoms with Gasteiger partial charge in [-0.2, -0.15) is 0 Å². The molecule has 3 heteroatoms. The molecule has 0 amide bonds. The summed E-state index contributed by atoms with van der Waals surface area (Å²) < 4.78 is 0.891. The average Bonchev–Trinajstić information content (AvgIpc) is 1.98. The third-order valence-corrected chi connectivity index (χ3v) is 1.94. The second-order valence-corrected chi connectivity index (χ2v) is 3.81. The Morgan fingerprint density at radius 2 is 1.85 bits per heavy atom. The topological polar surface area (TPSA) is 20.2 Å². The van der Waals surface area contributed by atoms with E-state index >= 15 is 0 Å². The molecule has 0 spiro atoms. The van der Waals surface area contributed by atoms with Crippen LogP contribution in [-0.4, -0.2) is 43.4 Å². The van der Waals surface area contributed by atoms with Crippen molar-refractivity contribution in [2.24, 2.45) is 0 Å². The monoisotopic (exact) mass is 250 g/mol. The third kappa shape index (κ3) is 9.88. The fourth-order valence-corrected chi connectivity index (χ4v) is 1.15. The number of rotatable bonds is 6. The van der Waals surface area contributed by atoms with Crippen molar-refractivity contribution in [3.8, 4) is 12.3 Å². The third-order valence-electron chi connectivity index (χ3n) is 1.94. The molecular weight excluding hydrogens is 230 g/mol. The van der Waals surface area contributed by atoms with E-state index in [9.17, 15) is 0 Å². The van der Waals surface area contributed by atoms with Crippen molar-refractivity contribution in [3.05, 3.63) is 0 Å². The van der Waals surface area contributed by atoms with E-state index < -0.39 is 0 Å². The Morgan fingerprint density at radius 3 is 2.31 bits per heavy atom. The van der Waals surface area contributed by atoms with Gasteiger partial charge in [0.25, 0.3) is 0 Å². The highest BCUT2D eigenvalue weighted by atomic mass is 79.9. The maximum absolute atomic E-state index is 8.56. The molecule has 0 saturated carbocycles. The fraction of sp³-hybridized carbons (Fsp3) is 0.800. The van der Waals surface area contributed by atoms with E-state index in [1.165, 1.54) is 0 Å². The summed E-state index contributed by atoms with van der Waals surface area (Å²) in [6.07, 6.45) is 8.40. The Hall–Kier alpha value is -0.0400. The Bertz CT molecular complexity index is 151. The Morgan fingerprint density at radius 1 is 1.23 bits per heavy atom. The second kappa shape index (κ2) is 8.55. The minimum Gasteiger partial charge on any atom is -0.396 e. The van der Waals surface area contributed by atoms with Crippen LogP contribution >= 0.6 is 17.0 Å². The summed E-state index contributed by atoms with van der Waals surface area (Å²) in [4.78, 5) is 0. The van der Waals surface area contributed by atoms with Gasteiger partial charge in [0.2, 0.25) is 0 Å². The average molecular weight is 251 g/mol. The van der Waals surface area contributed by atoms with Crippen molar-refractivity contribution < 1.29 is 9.59 Å². The lowest BCUT2D eigenvalue weighted by Crippen LogP contribution is -2.40. The normalized spacial score (nSPS) is 10.3. The van der Waals surface area contributed by atoms with Gasteiger partial charge in [-0.15, -0.1) is 23.4 Å². The van der Waals surface area contributed by atoms with E-state index in [0.29, 0.717) is 6.61 Å². The summed E-state index contributed by atoms with van der Waals surface area (Å²) in [5, 5.41) is 8.56. The first-order valence-corrected chi connectivity index (χ1v) is 4.49. The molecule has 0 saturated heterocycles. The molecular formula is C10H21BrNO+. The zero-order chi connectivity index (χ0) is 9.45. The lowest BCUT2D eigenvalue weighted by atomic mass is 10.2. The zero-order valence-corrected chi connectivity index (χ0v) is 10.3. The van der Waals surface area contributed by atoms with Crippen molar-refractivity contribution in [2.75, 3.05) is 33.8 Å². The van der Waals surface area contributed by atoms with Gasteiger partial charge in [-0.25, -0.2) is 0 Å². The number of terminal acetylenes is 1. The van der Waals surface area contributed by atoms with E-state index in [1.54, 1.807) is 0 Å². The molecule has 13 heavy (non-hydrogen) atoms. The molecule has 0 aromatic heterocycles. The molecule has 0 rings (SSSR count). The molecule has 0 bridgehead atoms. The van der Waals surface area contributed by atoms with Crippen LogP contribution in [0.1, 0.15) is 19.3 Å². The molecule has 0 fully saturated rings. The number of hydrogen-bond acceptors (Lipinski definition) is 1. The highest BCUT2D eigenvalue weighted by molar-refractivity contribution is 8.93. The molecule has 0 radical (unpaired) electrons. The van der Waals surface area contributed by atoms with Gasteiger partial charge in [-0.1, -0.05) is 0 Å². The van der Waals surface area contributed by atoms with Crippen molar-refractivity contribution in [2.45, 2.75) is 19.3 Å². The molecule has 2 nitrogen and oxygen atoms in total. The lowest BCUT2D eigenvalue weighted by Gasteiger charge is -2.27. The summed E-state index contributed by atoms with van der Waals surface area (Å²) >= 11 is 0. The van der Waals surface area contributed by atoms with E-state index in [1.807, 2.05) is 0 Å². The predicted molar refractivity (Wildman–Crippen MR) is 61.9 cm³/mol. The first-order chi connectivity index (χ1) is 5.62. The molecule has 0 atom stereocenters. The van der Waals surface area contributed by atoms with E-state index in [0.717, 1.165) is 36.8 Å². The maximum Gasteiger partial charge on any atom is 0.140 e. The fourth-order valence-electron chi connectivity index (χ4n) is 1.15. The number of unbranched alkanes of at least 4 members (excludes halogenated alkanes) is 2. The first kappa shape index (κ1) is 15.4. The number of hydrogen-bond donors (Lipinski definition) is 1. The van der Waals surface area contributed by atoms with Gasteiger partial charge < -0.3 is 9.59 Å². The summed E-state index contributed by atoms with van der Waals surface area (Å²) in [6, 6.07) is 0. The molecule has 0 unspecified atom stereocenters. The maximum atomic E-state index is 8.56. The standard InChI is InChI=1S/C10H20NO.BrH/c1-4-8-11(2,3)9-6-5-7-10-12;/h1,12H,5-10H2,2-3H3;1H/q+1;. The van der Waals surface area contributed by atoms with Gasteiger partial charge in [0.15, 0.2) is 0 Å². The largest absolute Gasteiger partial charge is 0.396 e. The van der Waals surface area contributed by atoms with Crippen LogP contribution in [0.2, 0.25) is 0 Å². The predicted octanol–water partition coefficient (Wildman–Crippen LogP) is 1.44. The van der Waals surface area contributed by atoms with E-state index in [4.69, 9.17) is 11.5 Å². The molecule has 0 aromatic carbocycles. The minimum absolute atomic E-state index is 0. The Kier molecular flexibility index (Phi) is 10.2. The van der Waals surface area contributed by atoms with E-state index in [-0.39, 0.29) is 17.0 Å². The number of quaternary nitrogens is 1. The van der Waals surface area contributed by atoms with Crippen molar-refractivity contribution >= 4 is 17.0 Å². The van der Waals surface area contributed by atoms with Crippen LogP contribution < -0.4 is 0 Å². The molecule has 0 aliphatic carbocycles. The molecule has 1 N–H and O–H groups in total. The van der Waals surface area contributed by atoms with Crippen LogP contribution in [0.15, 0.2) is 0 Å². The highest BCUT2D eigenvalue weighted by Gasteiger charge is 2.11. The van der Waals surface area contributed by atoms with Crippen molar-refractivity contribution in [3.63, 3.8) is 0 Å². The van der Waals surface area contributed by atoms with E-state index in [2.05, 4.69) is 20.0 Å². The Labute approximate surface area is 92.3 Å². The molecule has 78 valence electrons. The van der Waals surface area contributed by atoms with Gasteiger partial charge in [-0.3, -0.25) is 0 Å². The molecule has 0 aromatic rings. The van der Waals surface area contributed by atoms with Crippen molar-refractivity contribution in [1.29, 1.82) is 0 Å². The van der Waals surface area contributed by atoms with Gasteiger partial charge in [0.1, 0.15) is 6.54 Å². The van der Waals surface area contributed by atoms with Gasteiger partial charge in [0.05, 0.1) is 20.6 Å². The summed E-state index contributed by atoms with van der Waals surface area (Å²) in [5.41, 5.74) is 0. The summed E-state index contributed by atoms with van der Waals surface area (Å²) in [6.45, 7) is 2.20. The van der Waals surface area contributed by atoms with Gasteiger partial charge in [0, 0.05) is 6.61 Å². The number of nitrogens with zero attached hydrogens (tertiary/aromatic N) is 1. The van der Waals surface area contributed by atoms with Crippen LogP contribution in [0, 0.1) is 12.3 Å². The summed E-state index contributed by atoms with van der Waals surface area (Å²) in [7, 11) is 4.28. The number of aliphatic hydroxyl groups is 1. The highest BCUT2D eigenvalue weighted by Crippen LogP contribution is 2.02. The van der Waals surface area contributed by atoms with Crippen molar-refractivity contribution in [1.82, 2.24) is 0 Å².